The lowest BCUT2D eigenvalue weighted by Gasteiger charge is -2.42. The number of hydrogen-bond acceptors (Lipinski definition) is 5. The van der Waals surface area contributed by atoms with Crippen LogP contribution in [0.25, 0.3) is 0 Å². The van der Waals surface area contributed by atoms with Crippen molar-refractivity contribution in [3.63, 3.8) is 0 Å². The van der Waals surface area contributed by atoms with Gasteiger partial charge in [-0.2, -0.15) is 0 Å². The number of halogens is 1. The molecule has 3 rings (SSSR count). The molecule has 33 heavy (non-hydrogen) atoms. The molecule has 8 heteroatoms. The molecule has 1 aliphatic heterocycles. The number of nitrogens with zero attached hydrogens (tertiary/aromatic N) is 3. The molecule has 1 aliphatic carbocycles. The second kappa shape index (κ2) is 11.1. The second-order valence-corrected chi connectivity index (χ2v) is 12.9. The van der Waals surface area contributed by atoms with Gasteiger partial charge in [0, 0.05) is 60.4 Å². The normalized spacial score (nSPS) is 22.6. The van der Waals surface area contributed by atoms with E-state index in [9.17, 15) is 14.7 Å². The zero-order valence-electron chi connectivity index (χ0n) is 20.4. The first-order valence-electron chi connectivity index (χ1n) is 11.8. The molecule has 0 atom stereocenters. The fourth-order valence-corrected chi connectivity index (χ4v) is 5.88. The summed E-state index contributed by atoms with van der Waals surface area (Å²) < 4.78 is 2.27. The highest BCUT2D eigenvalue weighted by Gasteiger charge is 2.37. The molecule has 182 valence electrons. The molecule has 0 bridgehead atoms. The number of amides is 1. The van der Waals surface area contributed by atoms with Crippen LogP contribution in [0, 0.1) is 29.1 Å². The number of carbonyl (C=O) groups excluding carboxylic acids is 1. The molecule has 1 aromatic rings. The molecule has 1 aromatic heterocycles. The molecule has 1 amide bonds. The van der Waals surface area contributed by atoms with Crippen LogP contribution in [0.1, 0.15) is 80.8 Å². The Labute approximate surface area is 216 Å². The van der Waals surface area contributed by atoms with Crippen LogP contribution in [0.15, 0.2) is 6.07 Å². The van der Waals surface area contributed by atoms with Crippen molar-refractivity contribution in [1.82, 2.24) is 8.12 Å². The Morgan fingerprint density at radius 3 is 2.30 bits per heavy atom. The monoisotopic (exact) mass is 585 g/mol. The molecule has 0 radical (unpaired) electrons. The number of anilines is 1. The number of hydrazine groups is 1. The first kappa shape index (κ1) is 26.5. The lowest BCUT2D eigenvalue weighted by molar-refractivity contribution is -0.127. The van der Waals surface area contributed by atoms with E-state index in [1.54, 1.807) is 11.1 Å². The number of thiophene rings is 1. The van der Waals surface area contributed by atoms with E-state index in [2.05, 4.69) is 44.7 Å². The summed E-state index contributed by atoms with van der Waals surface area (Å²) in [6.07, 6.45) is 5.68. The average Bonchev–Trinajstić information content (AvgIpc) is 3.17. The van der Waals surface area contributed by atoms with Crippen LogP contribution in [0.4, 0.5) is 5.69 Å². The fraction of sp³-hybridized carbons (Fsp3) is 0.680. The van der Waals surface area contributed by atoms with Crippen molar-refractivity contribution in [2.75, 3.05) is 25.1 Å². The second-order valence-electron chi connectivity index (χ2n) is 10.5. The third-order valence-corrected chi connectivity index (χ3v) is 8.52. The summed E-state index contributed by atoms with van der Waals surface area (Å²) in [5, 5.41) is 13.7. The summed E-state index contributed by atoms with van der Waals surface area (Å²) >= 11 is 3.51. The third-order valence-electron chi connectivity index (χ3n) is 6.52. The van der Waals surface area contributed by atoms with Crippen LogP contribution in [0.2, 0.25) is 0 Å². The van der Waals surface area contributed by atoms with Crippen molar-refractivity contribution < 1.29 is 14.7 Å². The van der Waals surface area contributed by atoms with Gasteiger partial charge in [-0.1, -0.05) is 18.8 Å². The summed E-state index contributed by atoms with van der Waals surface area (Å²) in [5.41, 5.74) is 0.278. The molecule has 1 saturated carbocycles. The lowest BCUT2D eigenvalue weighted by Crippen LogP contribution is -2.54. The van der Waals surface area contributed by atoms with E-state index in [4.69, 9.17) is 0 Å². The van der Waals surface area contributed by atoms with E-state index in [1.807, 2.05) is 32.8 Å². The van der Waals surface area contributed by atoms with E-state index in [0.717, 1.165) is 63.0 Å². The minimum atomic E-state index is -1.01. The topological polar surface area (TPSA) is 64.1 Å². The molecule has 2 aliphatic rings. The number of carboxylic acid groups (broad SMARTS) is 1. The van der Waals surface area contributed by atoms with Gasteiger partial charge in [0.2, 0.25) is 5.91 Å². The van der Waals surface area contributed by atoms with Crippen LogP contribution >= 0.6 is 34.2 Å². The van der Waals surface area contributed by atoms with Gasteiger partial charge in [-0.05, 0) is 71.3 Å². The quantitative estimate of drug-likeness (QED) is 0.209. The summed E-state index contributed by atoms with van der Waals surface area (Å²) in [6, 6.07) is 1.99. The van der Waals surface area contributed by atoms with Crippen molar-refractivity contribution >= 4 is 51.8 Å². The summed E-state index contributed by atoms with van der Waals surface area (Å²) in [4.78, 5) is 27.0. The zero-order valence-corrected chi connectivity index (χ0v) is 23.3. The number of piperidine rings is 1. The van der Waals surface area contributed by atoms with Crippen LogP contribution in [0.5, 0.6) is 0 Å². The average molecular weight is 586 g/mol. The Balaban J connectivity index is 2.00. The highest BCUT2D eigenvalue weighted by molar-refractivity contribution is 14.1. The minimum absolute atomic E-state index is 0.0249. The Morgan fingerprint density at radius 1 is 1.15 bits per heavy atom. The molecular formula is C25H36IN3O3S. The van der Waals surface area contributed by atoms with Crippen LogP contribution in [-0.2, 0) is 4.79 Å². The van der Waals surface area contributed by atoms with E-state index < -0.39 is 5.97 Å². The Morgan fingerprint density at radius 2 is 1.76 bits per heavy atom. The lowest BCUT2D eigenvalue weighted by atomic mass is 9.82. The smallest absolute Gasteiger partial charge is 0.348 e. The summed E-state index contributed by atoms with van der Waals surface area (Å²) in [7, 11) is 1.95. The van der Waals surface area contributed by atoms with E-state index in [1.165, 1.54) is 0 Å². The van der Waals surface area contributed by atoms with Crippen LogP contribution < -0.4 is 5.01 Å². The molecule has 0 unspecified atom stereocenters. The van der Waals surface area contributed by atoms with Crippen LogP contribution in [0.3, 0.4) is 0 Å². The molecule has 2 fully saturated rings. The van der Waals surface area contributed by atoms with Gasteiger partial charge in [0.25, 0.3) is 0 Å². The number of hydrogen-bond donors (Lipinski definition) is 1. The van der Waals surface area contributed by atoms with Crippen LogP contribution in [-0.4, -0.2) is 51.3 Å². The van der Waals surface area contributed by atoms with Crippen molar-refractivity contribution in [2.45, 2.75) is 72.3 Å². The highest BCUT2D eigenvalue weighted by atomic mass is 127. The molecule has 6 nitrogen and oxygen atoms in total. The van der Waals surface area contributed by atoms with Gasteiger partial charge >= 0.3 is 5.97 Å². The van der Waals surface area contributed by atoms with Crippen molar-refractivity contribution in [2.24, 2.45) is 17.3 Å². The minimum Gasteiger partial charge on any atom is -0.477 e. The maximum Gasteiger partial charge on any atom is 0.348 e. The Hall–Kier alpha value is -1.15. The number of carboxylic acids is 1. The van der Waals surface area contributed by atoms with Gasteiger partial charge < -0.3 is 5.11 Å². The molecule has 2 heterocycles. The van der Waals surface area contributed by atoms with Gasteiger partial charge in [-0.3, -0.25) is 4.79 Å². The Kier molecular flexibility index (Phi) is 8.87. The number of rotatable bonds is 5. The largest absolute Gasteiger partial charge is 0.477 e. The highest BCUT2D eigenvalue weighted by Crippen LogP contribution is 2.37. The van der Waals surface area contributed by atoms with Gasteiger partial charge in [0.1, 0.15) is 4.88 Å². The maximum atomic E-state index is 13.9. The predicted octanol–water partition coefficient (Wildman–Crippen LogP) is 5.66. The first-order valence-corrected chi connectivity index (χ1v) is 13.6. The van der Waals surface area contributed by atoms with E-state index in [-0.39, 0.29) is 28.2 Å². The molecule has 1 N–H and O–H groups in total. The predicted molar refractivity (Wildman–Crippen MR) is 143 cm³/mol. The van der Waals surface area contributed by atoms with Gasteiger partial charge in [0.15, 0.2) is 0 Å². The van der Waals surface area contributed by atoms with E-state index >= 15 is 0 Å². The van der Waals surface area contributed by atoms with Gasteiger partial charge in [-0.25, -0.2) is 17.9 Å². The van der Waals surface area contributed by atoms with Crippen molar-refractivity contribution in [1.29, 1.82) is 0 Å². The molecule has 0 spiro atoms. The zero-order chi connectivity index (χ0) is 24.3. The van der Waals surface area contributed by atoms with Gasteiger partial charge in [-0.15, -0.1) is 11.3 Å². The van der Waals surface area contributed by atoms with E-state index in [0.29, 0.717) is 16.5 Å². The van der Waals surface area contributed by atoms with Crippen molar-refractivity contribution in [3.8, 4) is 11.8 Å². The first-order chi connectivity index (χ1) is 15.5. The number of aromatic carboxylic acids is 1. The SMILES string of the molecule is CC1CCC(C(=O)N(c2cc(C#CC(C)(C)C)sc2C(=O)O)N(C)C2CCN(I)CC2)CC1. The molecule has 1 saturated heterocycles. The molecular weight excluding hydrogens is 549 g/mol. The van der Waals surface area contributed by atoms with Gasteiger partial charge in [0.05, 0.1) is 10.6 Å². The molecule has 0 aromatic carbocycles. The third kappa shape index (κ3) is 6.93. The van der Waals surface area contributed by atoms with Crippen molar-refractivity contribution in [3.05, 3.63) is 15.8 Å². The fourth-order valence-electron chi connectivity index (χ4n) is 4.50. The standard InChI is InChI=1S/C25H36IN3O3S/c1-17-6-8-18(9-7-17)23(30)29(27(5)19-11-14-28(26)15-12-19)21-16-20(10-13-25(2,3)4)33-22(21)24(31)32/h16-19H,6-9,11-12,14-15H2,1-5H3,(H,31,32). The summed E-state index contributed by atoms with van der Waals surface area (Å²) in [5.74, 6) is 5.93. The Bertz CT molecular complexity index is 914. The number of carbonyl (C=O) groups is 2. The maximum absolute atomic E-state index is 13.9. The summed E-state index contributed by atoms with van der Waals surface area (Å²) in [6.45, 7) is 10.2.